The van der Waals surface area contributed by atoms with E-state index >= 15 is 0 Å². The number of carbonyl (C=O) groups excluding carboxylic acids is 1. The normalized spacial score (nSPS) is 19.5. The van der Waals surface area contributed by atoms with Crippen molar-refractivity contribution in [3.05, 3.63) is 66.1 Å². The molecule has 0 radical (unpaired) electrons. The molecule has 164 valence electrons. The number of para-hydroxylation sites is 1. The molecule has 1 aliphatic carbocycles. The van der Waals surface area contributed by atoms with E-state index in [4.69, 9.17) is 0 Å². The lowest BCUT2D eigenvalue weighted by Gasteiger charge is -2.38. The van der Waals surface area contributed by atoms with Crippen LogP contribution in [-0.2, 0) is 6.54 Å². The van der Waals surface area contributed by atoms with Crippen LogP contribution in [0.1, 0.15) is 41.7 Å². The minimum absolute atomic E-state index is 0.0539. The standard InChI is InChI=1S/C23H25F3N4O/c24-23(25,26)15-30(22(31)21-12-17-4-1-2-7-20(17)29-21)19-6-3-5-18(13-19)28-14-16-8-10-27-11-9-16/h1-2,4,7-12,18-19,28-29H,3,5-6,13-15H2/t18-,19?/m1/s1. The van der Waals surface area contributed by atoms with Crippen molar-refractivity contribution in [3.63, 3.8) is 0 Å². The SMILES string of the molecule is O=C(c1cc2ccccc2[nH]1)N(CC(F)(F)F)C1CCC[C@@H](NCc2ccncc2)C1. The third-order valence-electron chi connectivity index (χ3n) is 5.80. The predicted molar refractivity (Wildman–Crippen MR) is 113 cm³/mol. The lowest BCUT2D eigenvalue weighted by atomic mass is 9.89. The number of carbonyl (C=O) groups is 1. The van der Waals surface area contributed by atoms with Gasteiger partial charge in [-0.2, -0.15) is 13.2 Å². The second-order valence-corrected chi connectivity index (χ2v) is 8.07. The van der Waals surface area contributed by atoms with Gasteiger partial charge >= 0.3 is 6.18 Å². The van der Waals surface area contributed by atoms with Crippen molar-refractivity contribution >= 4 is 16.8 Å². The Hall–Kier alpha value is -2.87. The van der Waals surface area contributed by atoms with E-state index in [1.807, 2.05) is 30.3 Å². The monoisotopic (exact) mass is 430 g/mol. The van der Waals surface area contributed by atoms with Crippen LogP contribution < -0.4 is 5.32 Å². The van der Waals surface area contributed by atoms with E-state index in [0.717, 1.165) is 34.2 Å². The smallest absolute Gasteiger partial charge is 0.351 e. The maximum absolute atomic E-state index is 13.4. The number of hydrogen-bond donors (Lipinski definition) is 2. The van der Waals surface area contributed by atoms with Gasteiger partial charge in [-0.3, -0.25) is 9.78 Å². The Morgan fingerprint density at radius 2 is 1.94 bits per heavy atom. The molecule has 1 unspecified atom stereocenters. The summed E-state index contributed by atoms with van der Waals surface area (Å²) in [5.41, 5.74) is 1.99. The van der Waals surface area contributed by atoms with Crippen molar-refractivity contribution < 1.29 is 18.0 Å². The summed E-state index contributed by atoms with van der Waals surface area (Å²) in [6.07, 6.45) is 1.67. The molecule has 1 aromatic carbocycles. The lowest BCUT2D eigenvalue weighted by molar-refractivity contribution is -0.146. The number of aromatic amines is 1. The van der Waals surface area contributed by atoms with Crippen molar-refractivity contribution in [1.29, 1.82) is 0 Å². The first kappa shape index (κ1) is 21.4. The highest BCUT2D eigenvalue weighted by molar-refractivity contribution is 5.98. The van der Waals surface area contributed by atoms with Crippen LogP contribution in [0, 0.1) is 0 Å². The number of fused-ring (bicyclic) bond motifs is 1. The van der Waals surface area contributed by atoms with Crippen LogP contribution >= 0.6 is 0 Å². The molecule has 0 aliphatic heterocycles. The molecule has 1 aliphatic rings. The maximum Gasteiger partial charge on any atom is 0.406 e. The van der Waals surface area contributed by atoms with Gasteiger partial charge in [0, 0.05) is 41.9 Å². The van der Waals surface area contributed by atoms with Gasteiger partial charge in [0.1, 0.15) is 12.2 Å². The second kappa shape index (κ2) is 9.09. The zero-order valence-electron chi connectivity index (χ0n) is 17.0. The molecule has 3 aromatic rings. The van der Waals surface area contributed by atoms with Crippen molar-refractivity contribution in [3.8, 4) is 0 Å². The fourth-order valence-electron chi connectivity index (χ4n) is 4.30. The summed E-state index contributed by atoms with van der Waals surface area (Å²) >= 11 is 0. The largest absolute Gasteiger partial charge is 0.406 e. The summed E-state index contributed by atoms with van der Waals surface area (Å²) in [6.45, 7) is -0.627. The predicted octanol–water partition coefficient (Wildman–Crippen LogP) is 4.67. The van der Waals surface area contributed by atoms with Crippen LogP contribution in [0.5, 0.6) is 0 Å². The van der Waals surface area contributed by atoms with Gasteiger partial charge in [0.2, 0.25) is 0 Å². The van der Waals surface area contributed by atoms with Crippen LogP contribution in [0.25, 0.3) is 10.9 Å². The van der Waals surface area contributed by atoms with E-state index in [0.29, 0.717) is 19.4 Å². The number of alkyl halides is 3. The Bertz CT molecular complexity index is 985. The first-order chi connectivity index (χ1) is 14.9. The Kier molecular flexibility index (Phi) is 6.27. The summed E-state index contributed by atoms with van der Waals surface area (Å²) in [7, 11) is 0. The number of amides is 1. The molecule has 31 heavy (non-hydrogen) atoms. The summed E-state index contributed by atoms with van der Waals surface area (Å²) in [5.74, 6) is -0.603. The van der Waals surface area contributed by atoms with Gasteiger partial charge in [0.15, 0.2) is 0 Å². The van der Waals surface area contributed by atoms with Gasteiger partial charge in [-0.05, 0) is 55.5 Å². The molecular formula is C23H25F3N4O. The number of hydrogen-bond acceptors (Lipinski definition) is 3. The van der Waals surface area contributed by atoms with Crippen molar-refractivity contribution in [2.45, 2.75) is 50.5 Å². The highest BCUT2D eigenvalue weighted by atomic mass is 19.4. The van der Waals surface area contributed by atoms with E-state index in [9.17, 15) is 18.0 Å². The van der Waals surface area contributed by atoms with Crippen molar-refractivity contribution in [1.82, 2.24) is 20.2 Å². The minimum Gasteiger partial charge on any atom is -0.351 e. The number of halogens is 3. The summed E-state index contributed by atoms with van der Waals surface area (Å²) in [4.78, 5) is 21.1. The highest BCUT2D eigenvalue weighted by Gasteiger charge is 2.39. The van der Waals surface area contributed by atoms with Crippen LogP contribution in [0.15, 0.2) is 54.9 Å². The maximum atomic E-state index is 13.4. The van der Waals surface area contributed by atoms with Gasteiger partial charge in [0.25, 0.3) is 5.91 Å². The van der Waals surface area contributed by atoms with E-state index in [1.54, 1.807) is 24.5 Å². The summed E-state index contributed by atoms with van der Waals surface area (Å²) < 4.78 is 40.1. The average Bonchev–Trinajstić information content (AvgIpc) is 3.20. The first-order valence-corrected chi connectivity index (χ1v) is 10.5. The molecule has 8 heteroatoms. The van der Waals surface area contributed by atoms with Gasteiger partial charge in [-0.1, -0.05) is 18.2 Å². The Morgan fingerprint density at radius 3 is 2.68 bits per heavy atom. The topological polar surface area (TPSA) is 61.0 Å². The first-order valence-electron chi connectivity index (χ1n) is 10.5. The Labute approximate surface area is 178 Å². The third-order valence-corrected chi connectivity index (χ3v) is 5.80. The molecule has 1 amide bonds. The molecule has 0 bridgehead atoms. The van der Waals surface area contributed by atoms with Crippen LogP contribution in [-0.4, -0.2) is 45.6 Å². The molecule has 2 heterocycles. The zero-order valence-corrected chi connectivity index (χ0v) is 17.0. The fourth-order valence-corrected chi connectivity index (χ4v) is 4.30. The van der Waals surface area contributed by atoms with Gasteiger partial charge < -0.3 is 15.2 Å². The number of benzene rings is 1. The minimum atomic E-state index is -4.46. The molecule has 2 aromatic heterocycles. The number of pyridine rings is 1. The zero-order chi connectivity index (χ0) is 21.8. The van der Waals surface area contributed by atoms with Gasteiger partial charge in [0.05, 0.1) is 0 Å². The molecule has 4 rings (SSSR count). The molecule has 0 spiro atoms. The number of nitrogens with one attached hydrogen (secondary N) is 2. The lowest BCUT2D eigenvalue weighted by Crippen LogP contribution is -2.50. The number of rotatable bonds is 6. The fraction of sp³-hybridized carbons (Fsp3) is 0.391. The van der Waals surface area contributed by atoms with Crippen LogP contribution in [0.2, 0.25) is 0 Å². The van der Waals surface area contributed by atoms with Gasteiger partial charge in [-0.15, -0.1) is 0 Å². The molecule has 0 saturated heterocycles. The van der Waals surface area contributed by atoms with E-state index in [1.165, 1.54) is 0 Å². The van der Waals surface area contributed by atoms with Gasteiger partial charge in [-0.25, -0.2) is 0 Å². The van der Waals surface area contributed by atoms with E-state index < -0.39 is 24.7 Å². The molecule has 2 N–H and O–H groups in total. The van der Waals surface area contributed by atoms with E-state index in [2.05, 4.69) is 15.3 Å². The second-order valence-electron chi connectivity index (χ2n) is 8.07. The van der Waals surface area contributed by atoms with Crippen LogP contribution in [0.3, 0.4) is 0 Å². The third kappa shape index (κ3) is 5.44. The molecular weight excluding hydrogens is 405 g/mol. The molecule has 2 atom stereocenters. The Morgan fingerprint density at radius 1 is 1.16 bits per heavy atom. The average molecular weight is 430 g/mol. The quantitative estimate of drug-likeness (QED) is 0.598. The molecule has 1 fully saturated rings. The highest BCUT2D eigenvalue weighted by Crippen LogP contribution is 2.29. The number of aromatic nitrogens is 2. The number of nitrogens with zero attached hydrogens (tertiary/aromatic N) is 2. The number of H-pyrrole nitrogens is 1. The van der Waals surface area contributed by atoms with Crippen molar-refractivity contribution in [2.24, 2.45) is 0 Å². The van der Waals surface area contributed by atoms with E-state index in [-0.39, 0.29) is 11.7 Å². The summed E-state index contributed by atoms with van der Waals surface area (Å²) in [6, 6.07) is 12.3. The van der Waals surface area contributed by atoms with Crippen molar-refractivity contribution in [2.75, 3.05) is 6.54 Å². The summed E-state index contributed by atoms with van der Waals surface area (Å²) in [5, 5.41) is 4.23. The molecule has 5 nitrogen and oxygen atoms in total. The Balaban J connectivity index is 1.50. The van der Waals surface area contributed by atoms with Crippen LogP contribution in [0.4, 0.5) is 13.2 Å². The molecule has 1 saturated carbocycles.